The van der Waals surface area contributed by atoms with Gasteiger partial charge in [-0.05, 0) is 51.4 Å². The molecular weight excluding hydrogens is 428 g/mol. The highest BCUT2D eigenvalue weighted by Gasteiger charge is 2.58. The van der Waals surface area contributed by atoms with Gasteiger partial charge < -0.3 is 24.1 Å². The third-order valence-electron chi connectivity index (χ3n) is 7.72. The predicted octanol–water partition coefficient (Wildman–Crippen LogP) is 2.15. The SMILES string of the molecule is CCOC(=O)N1CCC(N2[C@@H]3CC[C@H]2[C@H]2CN(C(=O)c4oc(C)nc4C)C[C@H]23)CC1.O=CO. The van der Waals surface area contributed by atoms with Crippen LogP contribution in [0.1, 0.15) is 54.7 Å². The van der Waals surface area contributed by atoms with Crippen LogP contribution in [0.5, 0.6) is 0 Å². The fourth-order valence-electron chi connectivity index (χ4n) is 6.57. The molecule has 0 saturated carbocycles. The summed E-state index contributed by atoms with van der Waals surface area (Å²) in [5.74, 6) is 2.06. The highest BCUT2D eigenvalue weighted by atomic mass is 16.6. The molecule has 4 fully saturated rings. The molecule has 10 nitrogen and oxygen atoms in total. The van der Waals surface area contributed by atoms with Gasteiger partial charge >= 0.3 is 6.09 Å². The Bertz CT molecular complexity index is 860. The van der Waals surface area contributed by atoms with E-state index in [1.54, 1.807) is 6.92 Å². The lowest BCUT2D eigenvalue weighted by molar-refractivity contribution is -0.122. The zero-order valence-electron chi connectivity index (χ0n) is 19.6. The van der Waals surface area contributed by atoms with E-state index >= 15 is 0 Å². The molecule has 33 heavy (non-hydrogen) atoms. The second kappa shape index (κ2) is 9.70. The number of fused-ring (bicyclic) bond motifs is 5. The van der Waals surface area contributed by atoms with E-state index in [1.165, 1.54) is 12.8 Å². The average molecular weight is 463 g/mol. The molecule has 2 bridgehead atoms. The minimum absolute atomic E-state index is 0.00352. The lowest BCUT2D eigenvalue weighted by Gasteiger charge is -2.39. The van der Waals surface area contributed by atoms with Crippen molar-refractivity contribution in [1.29, 1.82) is 0 Å². The van der Waals surface area contributed by atoms with Crippen molar-refractivity contribution in [3.05, 3.63) is 17.3 Å². The Labute approximate surface area is 193 Å². The number of piperidine rings is 1. The third kappa shape index (κ3) is 4.32. The predicted molar refractivity (Wildman–Crippen MR) is 118 cm³/mol. The van der Waals surface area contributed by atoms with Crippen LogP contribution in [-0.4, -0.2) is 94.2 Å². The summed E-state index contributed by atoms with van der Waals surface area (Å²) in [6.07, 6.45) is 4.32. The summed E-state index contributed by atoms with van der Waals surface area (Å²) in [5.41, 5.74) is 0.688. The first-order valence-electron chi connectivity index (χ1n) is 11.9. The lowest BCUT2D eigenvalue weighted by Crippen LogP contribution is -2.50. The van der Waals surface area contributed by atoms with Gasteiger partial charge in [0, 0.05) is 51.2 Å². The molecular formula is C23H34N4O6. The van der Waals surface area contributed by atoms with Crippen LogP contribution < -0.4 is 0 Å². The van der Waals surface area contributed by atoms with Crippen molar-refractivity contribution < 1.29 is 28.6 Å². The van der Waals surface area contributed by atoms with Crippen LogP contribution in [-0.2, 0) is 9.53 Å². The van der Waals surface area contributed by atoms with E-state index in [0.29, 0.717) is 53.9 Å². The van der Waals surface area contributed by atoms with E-state index in [9.17, 15) is 9.59 Å². The number of carboxylic acid groups (broad SMARTS) is 1. The van der Waals surface area contributed by atoms with Gasteiger partial charge in [-0.3, -0.25) is 14.5 Å². The summed E-state index contributed by atoms with van der Waals surface area (Å²) < 4.78 is 10.7. The summed E-state index contributed by atoms with van der Waals surface area (Å²) >= 11 is 0. The van der Waals surface area contributed by atoms with Gasteiger partial charge in [0.2, 0.25) is 5.76 Å². The molecule has 10 heteroatoms. The molecule has 1 aromatic rings. The number of nitrogens with zero attached hydrogens (tertiary/aromatic N) is 4. The third-order valence-corrected chi connectivity index (χ3v) is 7.72. The second-order valence-corrected chi connectivity index (χ2v) is 9.37. The number of hydrogen-bond donors (Lipinski definition) is 1. The molecule has 1 aromatic heterocycles. The van der Waals surface area contributed by atoms with Gasteiger partial charge in [-0.2, -0.15) is 0 Å². The second-order valence-electron chi connectivity index (χ2n) is 9.37. The Morgan fingerprint density at radius 1 is 1.09 bits per heavy atom. The highest BCUT2D eigenvalue weighted by Crippen LogP contribution is 2.51. The normalized spacial score (nSPS) is 28.9. The van der Waals surface area contributed by atoms with Crippen LogP contribution in [0.3, 0.4) is 0 Å². The van der Waals surface area contributed by atoms with Crippen molar-refractivity contribution in [2.24, 2.45) is 11.8 Å². The number of oxazole rings is 1. The lowest BCUT2D eigenvalue weighted by atomic mass is 9.82. The van der Waals surface area contributed by atoms with Gasteiger partial charge in [0.1, 0.15) is 0 Å². The quantitative estimate of drug-likeness (QED) is 0.679. The van der Waals surface area contributed by atoms with Crippen molar-refractivity contribution >= 4 is 18.5 Å². The average Bonchev–Trinajstić information content (AvgIpc) is 3.54. The zero-order chi connectivity index (χ0) is 23.7. The maximum atomic E-state index is 13.0. The van der Waals surface area contributed by atoms with Crippen LogP contribution in [0.2, 0.25) is 0 Å². The molecule has 182 valence electrons. The summed E-state index contributed by atoms with van der Waals surface area (Å²) in [4.78, 5) is 44.3. The number of rotatable bonds is 3. The summed E-state index contributed by atoms with van der Waals surface area (Å²) in [6.45, 7) is 8.87. The molecule has 4 atom stereocenters. The molecule has 4 aliphatic rings. The Morgan fingerprint density at radius 3 is 2.15 bits per heavy atom. The number of ether oxygens (including phenoxy) is 1. The number of likely N-dealkylation sites (tertiary alicyclic amines) is 2. The van der Waals surface area contributed by atoms with Crippen molar-refractivity contribution in [2.45, 2.75) is 64.6 Å². The number of aryl methyl sites for hydroxylation is 2. The van der Waals surface area contributed by atoms with E-state index in [2.05, 4.69) is 9.88 Å². The number of carbonyl (C=O) groups excluding carboxylic acids is 2. The largest absolute Gasteiger partial charge is 0.483 e. The number of hydrogen-bond acceptors (Lipinski definition) is 7. The number of amides is 2. The highest BCUT2D eigenvalue weighted by molar-refractivity contribution is 5.92. The number of aromatic nitrogens is 1. The topological polar surface area (TPSA) is 116 Å². The molecule has 0 radical (unpaired) electrons. The maximum absolute atomic E-state index is 13.0. The van der Waals surface area contributed by atoms with E-state index in [4.69, 9.17) is 19.1 Å². The molecule has 5 heterocycles. The fourth-order valence-corrected chi connectivity index (χ4v) is 6.57. The fraction of sp³-hybridized carbons (Fsp3) is 0.739. The molecule has 0 unspecified atom stereocenters. The first-order valence-corrected chi connectivity index (χ1v) is 11.9. The Balaban J connectivity index is 0.000000821. The van der Waals surface area contributed by atoms with E-state index < -0.39 is 0 Å². The molecule has 1 N–H and O–H groups in total. The summed E-state index contributed by atoms with van der Waals surface area (Å²) in [5, 5.41) is 6.89. The zero-order valence-corrected chi connectivity index (χ0v) is 19.6. The molecule has 5 rings (SSSR count). The van der Waals surface area contributed by atoms with Crippen molar-refractivity contribution in [3.8, 4) is 0 Å². The van der Waals surface area contributed by atoms with Crippen LogP contribution in [0.4, 0.5) is 4.79 Å². The molecule has 0 aliphatic carbocycles. The monoisotopic (exact) mass is 462 g/mol. The molecule has 4 aliphatic heterocycles. The smallest absolute Gasteiger partial charge is 0.409 e. The minimum Gasteiger partial charge on any atom is -0.483 e. The van der Waals surface area contributed by atoms with Gasteiger partial charge in [0.15, 0.2) is 5.89 Å². The summed E-state index contributed by atoms with van der Waals surface area (Å²) in [7, 11) is 0. The van der Waals surface area contributed by atoms with Crippen LogP contribution in [0.15, 0.2) is 4.42 Å². The summed E-state index contributed by atoms with van der Waals surface area (Å²) in [6, 6.07) is 1.67. The van der Waals surface area contributed by atoms with E-state index in [-0.39, 0.29) is 18.5 Å². The molecule has 0 aromatic carbocycles. The van der Waals surface area contributed by atoms with Gasteiger partial charge in [0.25, 0.3) is 12.4 Å². The Morgan fingerprint density at radius 2 is 1.67 bits per heavy atom. The Hall–Kier alpha value is -2.62. The van der Waals surface area contributed by atoms with Crippen LogP contribution >= 0.6 is 0 Å². The Kier molecular flexibility index (Phi) is 6.92. The van der Waals surface area contributed by atoms with Gasteiger partial charge in [-0.1, -0.05) is 0 Å². The van der Waals surface area contributed by atoms with Crippen molar-refractivity contribution in [2.75, 3.05) is 32.8 Å². The van der Waals surface area contributed by atoms with Crippen molar-refractivity contribution in [3.63, 3.8) is 0 Å². The molecule has 4 saturated heterocycles. The van der Waals surface area contributed by atoms with Gasteiger partial charge in [-0.25, -0.2) is 9.78 Å². The standard InChI is InChI=1S/C22H32N4O4.CH2O2/c1-4-29-22(28)24-9-7-15(8-10-24)26-18-5-6-19(26)17-12-25(11-16(17)18)21(27)20-13(2)23-14(3)30-20;2-1-3/h15-19H,4-12H2,1-3H3;1H,(H,2,3)/t16-,17+,18-,19+;. The van der Waals surface area contributed by atoms with Gasteiger partial charge in [0.05, 0.1) is 12.3 Å². The first kappa shape index (κ1) is 23.5. The van der Waals surface area contributed by atoms with Crippen molar-refractivity contribution in [1.82, 2.24) is 19.7 Å². The van der Waals surface area contributed by atoms with Crippen LogP contribution in [0.25, 0.3) is 0 Å². The van der Waals surface area contributed by atoms with E-state index in [0.717, 1.165) is 39.0 Å². The minimum atomic E-state index is -0.250. The maximum Gasteiger partial charge on any atom is 0.409 e. The van der Waals surface area contributed by atoms with Crippen LogP contribution in [0, 0.1) is 25.7 Å². The number of carbonyl (C=O) groups is 3. The first-order chi connectivity index (χ1) is 15.9. The van der Waals surface area contributed by atoms with Gasteiger partial charge in [-0.15, -0.1) is 0 Å². The van der Waals surface area contributed by atoms with E-state index in [1.807, 2.05) is 23.6 Å². The molecule has 0 spiro atoms. The molecule has 2 amide bonds.